The Morgan fingerprint density at radius 1 is 1.08 bits per heavy atom. The van der Waals surface area contributed by atoms with Crippen molar-refractivity contribution in [2.75, 3.05) is 13.1 Å². The second-order valence-corrected chi connectivity index (χ2v) is 4.49. The lowest BCUT2D eigenvalue weighted by atomic mass is 10.1. The third kappa shape index (κ3) is 2.22. The minimum absolute atomic E-state index is 0.0497. The fourth-order valence-electron chi connectivity index (χ4n) is 2.57. The lowest BCUT2D eigenvalue weighted by Crippen LogP contribution is -2.42. The van der Waals surface area contributed by atoms with Crippen LogP contribution in [-0.4, -0.2) is 41.3 Å². The number of hydrogen-bond acceptors (Lipinski definition) is 3. The molecule has 3 heteroatoms. The quantitative estimate of drug-likeness (QED) is 0.617. The first-order chi connectivity index (χ1) is 6.25. The SMILES string of the molecule is NC1CCC(N2CCC(O)CC2)C1. The van der Waals surface area contributed by atoms with E-state index in [4.69, 9.17) is 5.73 Å². The van der Waals surface area contributed by atoms with Crippen LogP contribution in [0.2, 0.25) is 0 Å². The fourth-order valence-corrected chi connectivity index (χ4v) is 2.57. The van der Waals surface area contributed by atoms with Crippen LogP contribution in [0.25, 0.3) is 0 Å². The first-order valence-electron chi connectivity index (χ1n) is 5.43. The number of likely N-dealkylation sites (tertiary alicyclic amines) is 1. The second kappa shape index (κ2) is 3.95. The lowest BCUT2D eigenvalue weighted by molar-refractivity contribution is 0.0618. The Bertz CT molecular complexity index is 166. The van der Waals surface area contributed by atoms with Crippen LogP contribution in [0.1, 0.15) is 32.1 Å². The molecule has 0 aromatic rings. The first-order valence-corrected chi connectivity index (χ1v) is 5.43. The van der Waals surface area contributed by atoms with Gasteiger partial charge in [0.25, 0.3) is 0 Å². The van der Waals surface area contributed by atoms with E-state index in [1.807, 2.05) is 0 Å². The maximum atomic E-state index is 9.37. The van der Waals surface area contributed by atoms with Gasteiger partial charge in [0.1, 0.15) is 0 Å². The molecule has 13 heavy (non-hydrogen) atoms. The van der Waals surface area contributed by atoms with Crippen molar-refractivity contribution in [2.45, 2.75) is 50.3 Å². The predicted octanol–water partition coefficient (Wildman–Crippen LogP) is 0.323. The van der Waals surface area contributed by atoms with Gasteiger partial charge in [-0.25, -0.2) is 0 Å². The summed E-state index contributed by atoms with van der Waals surface area (Å²) in [4.78, 5) is 2.51. The lowest BCUT2D eigenvalue weighted by Gasteiger charge is -2.34. The number of nitrogens with two attached hydrogens (primary N) is 1. The average Bonchev–Trinajstić information content (AvgIpc) is 2.53. The summed E-state index contributed by atoms with van der Waals surface area (Å²) in [7, 11) is 0. The monoisotopic (exact) mass is 184 g/mol. The molecular weight excluding hydrogens is 164 g/mol. The van der Waals surface area contributed by atoms with Gasteiger partial charge in [-0.2, -0.15) is 0 Å². The summed E-state index contributed by atoms with van der Waals surface area (Å²) < 4.78 is 0. The summed E-state index contributed by atoms with van der Waals surface area (Å²) in [6, 6.07) is 1.14. The van der Waals surface area contributed by atoms with Crippen LogP contribution >= 0.6 is 0 Å². The molecular formula is C10H20N2O. The van der Waals surface area contributed by atoms with E-state index in [9.17, 15) is 5.11 Å². The highest BCUT2D eigenvalue weighted by atomic mass is 16.3. The molecule has 1 saturated heterocycles. The summed E-state index contributed by atoms with van der Waals surface area (Å²) in [5.41, 5.74) is 5.88. The van der Waals surface area contributed by atoms with Crippen molar-refractivity contribution in [3.8, 4) is 0 Å². The standard InChI is InChI=1S/C10H20N2O/c11-8-1-2-9(7-8)12-5-3-10(13)4-6-12/h8-10,13H,1-7,11H2. The number of nitrogens with zero attached hydrogens (tertiary/aromatic N) is 1. The van der Waals surface area contributed by atoms with Crippen molar-refractivity contribution in [1.82, 2.24) is 4.90 Å². The van der Waals surface area contributed by atoms with Crippen molar-refractivity contribution >= 4 is 0 Å². The molecule has 2 rings (SSSR count). The van der Waals surface area contributed by atoms with Gasteiger partial charge in [-0.05, 0) is 32.1 Å². The minimum Gasteiger partial charge on any atom is -0.393 e. The van der Waals surface area contributed by atoms with Crippen molar-refractivity contribution in [1.29, 1.82) is 0 Å². The molecule has 0 aromatic carbocycles. The highest BCUT2D eigenvalue weighted by Gasteiger charge is 2.29. The smallest absolute Gasteiger partial charge is 0.0564 e. The Kier molecular flexibility index (Phi) is 2.86. The molecule has 0 aromatic heterocycles. The molecule has 1 saturated carbocycles. The van der Waals surface area contributed by atoms with Crippen LogP contribution in [0.4, 0.5) is 0 Å². The van der Waals surface area contributed by atoms with Crippen LogP contribution in [0.15, 0.2) is 0 Å². The van der Waals surface area contributed by atoms with Gasteiger partial charge in [0.05, 0.1) is 6.10 Å². The Morgan fingerprint density at radius 2 is 1.77 bits per heavy atom. The van der Waals surface area contributed by atoms with E-state index in [2.05, 4.69) is 4.90 Å². The first kappa shape index (κ1) is 9.44. The zero-order valence-electron chi connectivity index (χ0n) is 8.15. The second-order valence-electron chi connectivity index (χ2n) is 4.49. The van der Waals surface area contributed by atoms with E-state index >= 15 is 0 Å². The van der Waals surface area contributed by atoms with Gasteiger partial charge in [0, 0.05) is 25.2 Å². The maximum absolute atomic E-state index is 9.37. The van der Waals surface area contributed by atoms with Gasteiger partial charge in [0.15, 0.2) is 0 Å². The van der Waals surface area contributed by atoms with E-state index in [0.29, 0.717) is 12.1 Å². The number of piperidine rings is 1. The van der Waals surface area contributed by atoms with Crippen LogP contribution in [0.3, 0.4) is 0 Å². The fraction of sp³-hybridized carbons (Fsp3) is 1.00. The van der Waals surface area contributed by atoms with E-state index < -0.39 is 0 Å². The van der Waals surface area contributed by atoms with Crippen molar-refractivity contribution in [2.24, 2.45) is 5.73 Å². The van der Waals surface area contributed by atoms with Crippen LogP contribution < -0.4 is 5.73 Å². The zero-order valence-corrected chi connectivity index (χ0v) is 8.15. The molecule has 3 N–H and O–H groups in total. The molecule has 0 bridgehead atoms. The van der Waals surface area contributed by atoms with Gasteiger partial charge in [-0.15, -0.1) is 0 Å². The van der Waals surface area contributed by atoms with Gasteiger partial charge in [-0.3, -0.25) is 0 Å². The summed E-state index contributed by atoms with van der Waals surface area (Å²) in [6.45, 7) is 2.14. The third-order valence-electron chi connectivity index (χ3n) is 3.46. The molecule has 2 atom stereocenters. The topological polar surface area (TPSA) is 49.5 Å². The van der Waals surface area contributed by atoms with E-state index in [1.165, 1.54) is 12.8 Å². The zero-order chi connectivity index (χ0) is 9.26. The Balaban J connectivity index is 1.81. The summed E-state index contributed by atoms with van der Waals surface area (Å²) >= 11 is 0. The number of hydrogen-bond donors (Lipinski definition) is 2. The maximum Gasteiger partial charge on any atom is 0.0564 e. The van der Waals surface area contributed by atoms with Crippen molar-refractivity contribution in [3.63, 3.8) is 0 Å². The Labute approximate surface area is 79.9 Å². The highest BCUT2D eigenvalue weighted by molar-refractivity contribution is 4.86. The normalized spacial score (nSPS) is 38.3. The van der Waals surface area contributed by atoms with Crippen LogP contribution in [0.5, 0.6) is 0 Å². The average molecular weight is 184 g/mol. The molecule has 1 heterocycles. The highest BCUT2D eigenvalue weighted by Crippen LogP contribution is 2.25. The largest absolute Gasteiger partial charge is 0.393 e. The number of aliphatic hydroxyl groups is 1. The molecule has 1 aliphatic heterocycles. The molecule has 1 aliphatic carbocycles. The number of rotatable bonds is 1. The molecule has 3 nitrogen and oxygen atoms in total. The van der Waals surface area contributed by atoms with Gasteiger partial charge < -0.3 is 15.7 Å². The molecule has 0 radical (unpaired) electrons. The molecule has 0 spiro atoms. The summed E-state index contributed by atoms with van der Waals surface area (Å²) in [5.74, 6) is 0. The van der Waals surface area contributed by atoms with Crippen molar-refractivity contribution < 1.29 is 5.11 Å². The molecule has 2 fully saturated rings. The Morgan fingerprint density at radius 3 is 2.31 bits per heavy atom. The molecule has 76 valence electrons. The third-order valence-corrected chi connectivity index (χ3v) is 3.46. The van der Waals surface area contributed by atoms with Crippen molar-refractivity contribution in [3.05, 3.63) is 0 Å². The van der Waals surface area contributed by atoms with E-state index in [1.54, 1.807) is 0 Å². The van der Waals surface area contributed by atoms with E-state index in [0.717, 1.165) is 32.4 Å². The summed E-state index contributed by atoms with van der Waals surface area (Å²) in [6.07, 6.45) is 5.46. The van der Waals surface area contributed by atoms with E-state index in [-0.39, 0.29) is 6.10 Å². The molecule has 2 aliphatic rings. The minimum atomic E-state index is -0.0497. The van der Waals surface area contributed by atoms with Gasteiger partial charge in [-0.1, -0.05) is 0 Å². The summed E-state index contributed by atoms with van der Waals surface area (Å²) in [5, 5.41) is 9.37. The molecule has 0 amide bonds. The number of aliphatic hydroxyl groups excluding tert-OH is 1. The van der Waals surface area contributed by atoms with Crippen LogP contribution in [0, 0.1) is 0 Å². The van der Waals surface area contributed by atoms with Gasteiger partial charge in [0.2, 0.25) is 0 Å². The molecule has 2 unspecified atom stereocenters. The Hall–Kier alpha value is -0.120. The van der Waals surface area contributed by atoms with Gasteiger partial charge >= 0.3 is 0 Å². The van der Waals surface area contributed by atoms with Crippen LogP contribution in [-0.2, 0) is 0 Å². The predicted molar refractivity (Wildman–Crippen MR) is 52.4 cm³/mol.